The SMILES string of the molecule is C=C(CC)/N=C1\C(=C)Cn2c1cc1c(c2=O)COC(=O)[C@]1(O)CC. The summed E-state index contributed by atoms with van der Waals surface area (Å²) in [5, 5.41) is 10.7. The Morgan fingerprint density at radius 1 is 1.46 bits per heavy atom. The molecule has 126 valence electrons. The molecular formula is C18H20N2O4. The van der Waals surface area contributed by atoms with Crippen LogP contribution in [0.25, 0.3) is 0 Å². The van der Waals surface area contributed by atoms with Crippen molar-refractivity contribution in [3.05, 3.63) is 57.7 Å². The van der Waals surface area contributed by atoms with Gasteiger partial charge in [0.15, 0.2) is 5.60 Å². The molecule has 6 nitrogen and oxygen atoms in total. The number of carbonyl (C=O) groups is 1. The second-order valence-electron chi connectivity index (χ2n) is 6.09. The van der Waals surface area contributed by atoms with Gasteiger partial charge in [-0.1, -0.05) is 27.0 Å². The van der Waals surface area contributed by atoms with Gasteiger partial charge in [-0.2, -0.15) is 0 Å². The highest BCUT2D eigenvalue weighted by Gasteiger charge is 2.45. The fraction of sp³-hybridized carbons (Fsp3) is 0.389. The number of aliphatic hydroxyl groups is 1. The molecule has 6 heteroatoms. The standard InChI is InChI=1S/C18H20N2O4/c1-5-11(4)19-15-10(3)8-20-14(15)7-13-12(16(20)21)9-24-17(22)18(13,23)6-2/h7,23H,3-6,8-9H2,1-2H3/b19-15+/t18-/m0/s1. The monoisotopic (exact) mass is 328 g/mol. The van der Waals surface area contributed by atoms with E-state index in [1.165, 1.54) is 0 Å². The zero-order valence-electron chi connectivity index (χ0n) is 13.9. The fourth-order valence-electron chi connectivity index (χ4n) is 3.07. The summed E-state index contributed by atoms with van der Waals surface area (Å²) in [6.07, 6.45) is 0.800. The van der Waals surface area contributed by atoms with Gasteiger partial charge in [-0.3, -0.25) is 9.79 Å². The molecule has 0 spiro atoms. The molecule has 0 radical (unpaired) electrons. The number of hydrogen-bond donors (Lipinski definition) is 1. The molecule has 1 aromatic heterocycles. The predicted molar refractivity (Wildman–Crippen MR) is 89.8 cm³/mol. The first-order valence-corrected chi connectivity index (χ1v) is 7.95. The lowest BCUT2D eigenvalue weighted by molar-refractivity contribution is -0.172. The van der Waals surface area contributed by atoms with E-state index in [4.69, 9.17) is 4.74 Å². The fourth-order valence-corrected chi connectivity index (χ4v) is 3.07. The first kappa shape index (κ1) is 16.4. The van der Waals surface area contributed by atoms with Crippen molar-refractivity contribution in [1.82, 2.24) is 4.57 Å². The third-order valence-electron chi connectivity index (χ3n) is 4.65. The van der Waals surface area contributed by atoms with Gasteiger partial charge in [0.1, 0.15) is 6.61 Å². The van der Waals surface area contributed by atoms with Crippen LogP contribution in [0.1, 0.15) is 43.5 Å². The average molecular weight is 328 g/mol. The Morgan fingerprint density at radius 2 is 2.17 bits per heavy atom. The van der Waals surface area contributed by atoms with Crippen molar-refractivity contribution in [1.29, 1.82) is 0 Å². The molecule has 3 heterocycles. The molecule has 3 rings (SSSR count). The highest BCUT2D eigenvalue weighted by atomic mass is 16.6. The normalized spacial score (nSPS) is 23.9. The Bertz CT molecular complexity index is 863. The van der Waals surface area contributed by atoms with Gasteiger partial charge in [0, 0.05) is 11.3 Å². The van der Waals surface area contributed by atoms with Crippen LogP contribution >= 0.6 is 0 Å². The van der Waals surface area contributed by atoms with E-state index in [0.29, 0.717) is 46.8 Å². The number of hydrogen-bond acceptors (Lipinski definition) is 5. The first-order valence-electron chi connectivity index (χ1n) is 7.95. The number of aromatic nitrogens is 1. The molecule has 0 bridgehead atoms. The second-order valence-corrected chi connectivity index (χ2v) is 6.09. The third kappa shape index (κ3) is 2.17. The number of nitrogens with zero attached hydrogens (tertiary/aromatic N) is 2. The van der Waals surface area contributed by atoms with E-state index in [2.05, 4.69) is 18.2 Å². The number of ether oxygens (including phenoxy) is 1. The summed E-state index contributed by atoms with van der Waals surface area (Å²) in [5.74, 6) is -0.727. The van der Waals surface area contributed by atoms with Crippen LogP contribution in [-0.2, 0) is 28.3 Å². The summed E-state index contributed by atoms with van der Waals surface area (Å²) >= 11 is 0. The average Bonchev–Trinajstić information content (AvgIpc) is 2.88. The van der Waals surface area contributed by atoms with Gasteiger partial charge in [0.25, 0.3) is 5.56 Å². The van der Waals surface area contributed by atoms with Crippen LogP contribution in [0.5, 0.6) is 0 Å². The van der Waals surface area contributed by atoms with Crippen LogP contribution in [0, 0.1) is 0 Å². The molecule has 0 aromatic carbocycles. The lowest BCUT2D eigenvalue weighted by Gasteiger charge is -2.31. The lowest BCUT2D eigenvalue weighted by atomic mass is 9.86. The van der Waals surface area contributed by atoms with Gasteiger partial charge in [-0.15, -0.1) is 0 Å². The van der Waals surface area contributed by atoms with Crippen LogP contribution in [0.2, 0.25) is 0 Å². The molecule has 1 atom stereocenters. The van der Waals surface area contributed by atoms with Crippen molar-refractivity contribution in [3.63, 3.8) is 0 Å². The van der Waals surface area contributed by atoms with E-state index >= 15 is 0 Å². The summed E-state index contributed by atoms with van der Waals surface area (Å²) in [5.41, 5.74) is 1.05. The number of pyridine rings is 1. The Kier molecular flexibility index (Phi) is 3.80. The molecule has 2 aliphatic heterocycles. The number of aliphatic imine (C=N–C) groups is 1. The van der Waals surface area contributed by atoms with Crippen molar-refractivity contribution in [2.24, 2.45) is 4.99 Å². The van der Waals surface area contributed by atoms with E-state index < -0.39 is 11.6 Å². The van der Waals surface area contributed by atoms with Crippen LogP contribution in [0.4, 0.5) is 0 Å². The first-order chi connectivity index (χ1) is 11.3. The number of esters is 1. The summed E-state index contributed by atoms with van der Waals surface area (Å²) < 4.78 is 6.57. The number of cyclic esters (lactones) is 1. The van der Waals surface area contributed by atoms with Crippen LogP contribution in [0.15, 0.2) is 40.3 Å². The van der Waals surface area contributed by atoms with E-state index in [1.807, 2.05) is 6.92 Å². The van der Waals surface area contributed by atoms with Crippen molar-refractivity contribution in [2.45, 2.75) is 45.4 Å². The number of rotatable bonds is 3. The molecule has 24 heavy (non-hydrogen) atoms. The number of carbonyl (C=O) groups excluding carboxylic acids is 1. The maximum absolute atomic E-state index is 12.8. The van der Waals surface area contributed by atoms with E-state index in [1.54, 1.807) is 17.6 Å². The highest BCUT2D eigenvalue weighted by Crippen LogP contribution is 2.35. The molecule has 0 amide bonds. The van der Waals surface area contributed by atoms with Crippen molar-refractivity contribution in [3.8, 4) is 0 Å². The molecule has 0 saturated heterocycles. The Morgan fingerprint density at radius 3 is 2.79 bits per heavy atom. The van der Waals surface area contributed by atoms with E-state index in [9.17, 15) is 14.7 Å². The highest BCUT2D eigenvalue weighted by molar-refractivity contribution is 6.13. The van der Waals surface area contributed by atoms with Crippen molar-refractivity contribution < 1.29 is 14.6 Å². The van der Waals surface area contributed by atoms with Gasteiger partial charge in [0.2, 0.25) is 0 Å². The molecule has 1 N–H and O–H groups in total. The molecular weight excluding hydrogens is 308 g/mol. The van der Waals surface area contributed by atoms with Crippen LogP contribution < -0.4 is 5.56 Å². The van der Waals surface area contributed by atoms with E-state index in [0.717, 1.165) is 0 Å². The predicted octanol–water partition coefficient (Wildman–Crippen LogP) is 1.79. The minimum absolute atomic E-state index is 0.122. The summed E-state index contributed by atoms with van der Waals surface area (Å²) in [4.78, 5) is 29.3. The lowest BCUT2D eigenvalue weighted by Crippen LogP contribution is -2.44. The maximum Gasteiger partial charge on any atom is 0.343 e. The quantitative estimate of drug-likeness (QED) is 0.858. The molecule has 0 fully saturated rings. The van der Waals surface area contributed by atoms with Gasteiger partial charge in [-0.05, 0) is 24.5 Å². The zero-order valence-corrected chi connectivity index (χ0v) is 13.9. The van der Waals surface area contributed by atoms with Gasteiger partial charge in [0.05, 0.1) is 23.5 Å². The number of fused-ring (bicyclic) bond motifs is 2. The molecule has 0 aliphatic carbocycles. The van der Waals surface area contributed by atoms with Crippen LogP contribution in [0.3, 0.4) is 0 Å². The van der Waals surface area contributed by atoms with Crippen molar-refractivity contribution >= 4 is 11.7 Å². The molecule has 1 aromatic rings. The van der Waals surface area contributed by atoms with Gasteiger partial charge < -0.3 is 14.4 Å². The van der Waals surface area contributed by atoms with Gasteiger partial charge >= 0.3 is 5.97 Å². The largest absolute Gasteiger partial charge is 0.458 e. The van der Waals surface area contributed by atoms with Crippen molar-refractivity contribution in [2.75, 3.05) is 0 Å². The maximum atomic E-state index is 12.8. The Labute approximate surface area is 139 Å². The van der Waals surface area contributed by atoms with Gasteiger partial charge in [-0.25, -0.2) is 4.79 Å². The molecule has 0 saturated carbocycles. The Balaban J connectivity index is 2.28. The van der Waals surface area contributed by atoms with Crippen LogP contribution in [-0.4, -0.2) is 21.4 Å². The summed E-state index contributed by atoms with van der Waals surface area (Å²) in [6, 6.07) is 1.67. The second kappa shape index (κ2) is 5.56. The molecule has 2 aliphatic rings. The summed E-state index contributed by atoms with van der Waals surface area (Å²) in [7, 11) is 0. The Hall–Kier alpha value is -2.47. The third-order valence-corrected chi connectivity index (χ3v) is 4.65. The minimum atomic E-state index is -1.81. The summed E-state index contributed by atoms with van der Waals surface area (Å²) in [6.45, 7) is 11.7. The number of allylic oxidation sites excluding steroid dienone is 2. The van der Waals surface area contributed by atoms with E-state index in [-0.39, 0.29) is 18.6 Å². The molecule has 0 unspecified atom stereocenters. The zero-order chi connectivity index (χ0) is 17.6. The smallest absolute Gasteiger partial charge is 0.343 e. The minimum Gasteiger partial charge on any atom is -0.458 e. The topological polar surface area (TPSA) is 80.9 Å².